The summed E-state index contributed by atoms with van der Waals surface area (Å²) in [5.74, 6) is -3.51. The van der Waals surface area contributed by atoms with Crippen LogP contribution in [0.25, 0.3) is 0 Å². The Labute approximate surface area is 189 Å². The fraction of sp³-hybridized carbons (Fsp3) is 0.409. The Morgan fingerprint density at radius 1 is 1.13 bits per heavy atom. The number of carbonyl (C=O) groups is 1. The van der Waals surface area contributed by atoms with Gasteiger partial charge in [0, 0.05) is 22.2 Å². The predicted octanol–water partition coefficient (Wildman–Crippen LogP) is 4.43. The molecule has 2 rings (SSSR count). The summed E-state index contributed by atoms with van der Waals surface area (Å²) in [6, 6.07) is 12.9. The minimum atomic E-state index is -3.51. The zero-order chi connectivity index (χ0) is 22.4. The third-order valence-electron chi connectivity index (χ3n) is 4.18. The monoisotopic (exact) mass is 532 g/mol. The number of rotatable bonds is 8. The van der Waals surface area contributed by atoms with Crippen molar-refractivity contribution >= 4 is 28.7 Å². The molecule has 0 saturated heterocycles. The van der Waals surface area contributed by atoms with Crippen LogP contribution in [0.4, 0.5) is 13.6 Å². The first-order valence-electron chi connectivity index (χ1n) is 9.55. The predicted molar refractivity (Wildman–Crippen MR) is 120 cm³/mol. The SMILES string of the molecule is CC(C)(C)OC(=O)N[C@@H]([C@@H](O)CNCc1cccc(I)c1)C(F)(F)c1ccccc1. The van der Waals surface area contributed by atoms with Gasteiger partial charge in [-0.15, -0.1) is 0 Å². The molecule has 0 aliphatic heterocycles. The molecule has 0 spiro atoms. The Bertz CT molecular complexity index is 829. The van der Waals surface area contributed by atoms with Crippen molar-refractivity contribution < 1.29 is 23.4 Å². The van der Waals surface area contributed by atoms with Crippen molar-refractivity contribution in [1.82, 2.24) is 10.6 Å². The van der Waals surface area contributed by atoms with Crippen LogP contribution in [0.15, 0.2) is 54.6 Å². The van der Waals surface area contributed by atoms with Crippen LogP contribution in [0, 0.1) is 3.57 Å². The van der Waals surface area contributed by atoms with Crippen molar-refractivity contribution in [3.8, 4) is 0 Å². The van der Waals surface area contributed by atoms with Gasteiger partial charge in [-0.1, -0.05) is 42.5 Å². The second-order valence-corrected chi connectivity index (χ2v) is 9.19. The highest BCUT2D eigenvalue weighted by atomic mass is 127. The van der Waals surface area contributed by atoms with Crippen LogP contribution >= 0.6 is 22.6 Å². The summed E-state index contributed by atoms with van der Waals surface area (Å²) in [6.07, 6.45) is -2.57. The van der Waals surface area contributed by atoms with Crippen molar-refractivity contribution in [3.63, 3.8) is 0 Å². The average Bonchev–Trinajstić information content (AvgIpc) is 2.65. The number of hydrogen-bond acceptors (Lipinski definition) is 4. The van der Waals surface area contributed by atoms with E-state index in [0.717, 1.165) is 9.13 Å². The van der Waals surface area contributed by atoms with Crippen LogP contribution in [-0.2, 0) is 17.2 Å². The lowest BCUT2D eigenvalue weighted by Gasteiger charge is -2.32. The number of benzene rings is 2. The van der Waals surface area contributed by atoms with Gasteiger partial charge in [0.05, 0.1) is 6.10 Å². The number of aliphatic hydroxyl groups excluding tert-OH is 1. The molecule has 0 saturated carbocycles. The molecule has 0 heterocycles. The van der Waals surface area contributed by atoms with Gasteiger partial charge in [0.1, 0.15) is 11.6 Å². The molecule has 1 amide bonds. The van der Waals surface area contributed by atoms with E-state index in [-0.39, 0.29) is 12.1 Å². The van der Waals surface area contributed by atoms with E-state index in [2.05, 4.69) is 33.2 Å². The van der Waals surface area contributed by atoms with Gasteiger partial charge in [0.25, 0.3) is 5.92 Å². The number of ether oxygens (including phenoxy) is 1. The molecule has 0 bridgehead atoms. The van der Waals surface area contributed by atoms with Crippen molar-refractivity contribution in [2.75, 3.05) is 6.54 Å². The number of amides is 1. The summed E-state index contributed by atoms with van der Waals surface area (Å²) in [5.41, 5.74) is -0.201. The van der Waals surface area contributed by atoms with Crippen LogP contribution < -0.4 is 10.6 Å². The van der Waals surface area contributed by atoms with Gasteiger partial charge < -0.3 is 20.5 Å². The van der Waals surface area contributed by atoms with Crippen LogP contribution in [0.1, 0.15) is 31.9 Å². The molecule has 0 unspecified atom stereocenters. The molecule has 30 heavy (non-hydrogen) atoms. The average molecular weight is 532 g/mol. The molecule has 0 aliphatic rings. The molecule has 164 valence electrons. The van der Waals surface area contributed by atoms with E-state index in [9.17, 15) is 9.90 Å². The second-order valence-electron chi connectivity index (χ2n) is 7.94. The van der Waals surface area contributed by atoms with E-state index in [1.54, 1.807) is 26.8 Å². The Hall–Kier alpha value is -1.78. The van der Waals surface area contributed by atoms with Crippen molar-refractivity contribution in [2.24, 2.45) is 0 Å². The highest BCUT2D eigenvalue weighted by molar-refractivity contribution is 14.1. The number of halogens is 3. The molecule has 0 radical (unpaired) electrons. The lowest BCUT2D eigenvalue weighted by Crippen LogP contribution is -2.56. The summed E-state index contributed by atoms with van der Waals surface area (Å²) in [7, 11) is 0. The molecule has 2 aromatic carbocycles. The molecule has 3 N–H and O–H groups in total. The lowest BCUT2D eigenvalue weighted by molar-refractivity contribution is -0.0848. The minimum Gasteiger partial charge on any atom is -0.444 e. The van der Waals surface area contributed by atoms with Crippen molar-refractivity contribution in [1.29, 1.82) is 0 Å². The zero-order valence-electron chi connectivity index (χ0n) is 17.2. The van der Waals surface area contributed by atoms with Gasteiger partial charge >= 0.3 is 6.09 Å². The molecule has 8 heteroatoms. The lowest BCUT2D eigenvalue weighted by atomic mass is 9.96. The Morgan fingerprint density at radius 2 is 1.80 bits per heavy atom. The number of hydrogen-bond donors (Lipinski definition) is 3. The highest BCUT2D eigenvalue weighted by Crippen LogP contribution is 2.33. The molecular weight excluding hydrogens is 505 g/mol. The third kappa shape index (κ3) is 7.48. The van der Waals surface area contributed by atoms with Gasteiger partial charge in [-0.3, -0.25) is 0 Å². The van der Waals surface area contributed by atoms with E-state index in [0.29, 0.717) is 6.54 Å². The van der Waals surface area contributed by atoms with E-state index in [1.165, 1.54) is 24.3 Å². The Kier molecular flexibility index (Phi) is 8.57. The van der Waals surface area contributed by atoms with E-state index in [1.807, 2.05) is 24.3 Å². The number of alkyl carbamates (subject to hydrolysis) is 1. The van der Waals surface area contributed by atoms with E-state index >= 15 is 8.78 Å². The van der Waals surface area contributed by atoms with Gasteiger partial charge in [0.2, 0.25) is 0 Å². The summed E-state index contributed by atoms with van der Waals surface area (Å²) < 4.78 is 36.6. The first-order valence-corrected chi connectivity index (χ1v) is 10.6. The topological polar surface area (TPSA) is 70.6 Å². The molecule has 0 fully saturated rings. The maximum atomic E-state index is 15.2. The van der Waals surface area contributed by atoms with E-state index in [4.69, 9.17) is 4.74 Å². The number of alkyl halides is 2. The van der Waals surface area contributed by atoms with Gasteiger partial charge in [-0.2, -0.15) is 8.78 Å². The molecule has 2 aromatic rings. The summed E-state index contributed by atoms with van der Waals surface area (Å²) in [4.78, 5) is 12.2. The maximum Gasteiger partial charge on any atom is 0.408 e. The van der Waals surface area contributed by atoms with Crippen LogP contribution in [0.2, 0.25) is 0 Å². The van der Waals surface area contributed by atoms with Crippen LogP contribution in [-0.4, -0.2) is 35.5 Å². The Morgan fingerprint density at radius 3 is 2.40 bits per heavy atom. The molecule has 2 atom stereocenters. The maximum absolute atomic E-state index is 15.2. The number of carbonyl (C=O) groups excluding carboxylic acids is 1. The molecule has 0 aliphatic carbocycles. The largest absolute Gasteiger partial charge is 0.444 e. The number of aliphatic hydroxyl groups is 1. The third-order valence-corrected chi connectivity index (χ3v) is 4.85. The standard InChI is InChI=1S/C22H27F2IN2O3/c1-21(2,3)30-20(29)27-19(22(23,24)16-9-5-4-6-10-16)18(28)14-26-13-15-8-7-11-17(25)12-15/h4-12,18-19,26,28H,13-14H2,1-3H3,(H,27,29)/t18-,19-/m0/s1. The summed E-state index contributed by atoms with van der Waals surface area (Å²) in [5, 5.41) is 15.7. The molecular formula is C22H27F2IN2O3. The van der Waals surface area contributed by atoms with E-state index < -0.39 is 29.8 Å². The minimum absolute atomic E-state index is 0.144. The normalized spacial score (nSPS) is 14.1. The summed E-state index contributed by atoms with van der Waals surface area (Å²) in [6.45, 7) is 5.15. The Balaban J connectivity index is 2.13. The van der Waals surface area contributed by atoms with Gasteiger partial charge in [-0.05, 0) is 61.1 Å². The molecule has 0 aromatic heterocycles. The zero-order valence-corrected chi connectivity index (χ0v) is 19.3. The van der Waals surface area contributed by atoms with Crippen LogP contribution in [0.5, 0.6) is 0 Å². The number of nitrogens with one attached hydrogen (secondary N) is 2. The summed E-state index contributed by atoms with van der Waals surface area (Å²) >= 11 is 2.18. The van der Waals surface area contributed by atoms with Crippen molar-refractivity contribution in [2.45, 2.75) is 51.0 Å². The smallest absolute Gasteiger partial charge is 0.408 e. The van der Waals surface area contributed by atoms with Crippen molar-refractivity contribution in [3.05, 3.63) is 69.3 Å². The van der Waals surface area contributed by atoms with Crippen LogP contribution in [0.3, 0.4) is 0 Å². The fourth-order valence-electron chi connectivity index (χ4n) is 2.83. The first-order chi connectivity index (χ1) is 14.0. The quantitative estimate of drug-likeness (QED) is 0.441. The fourth-order valence-corrected chi connectivity index (χ4v) is 3.44. The van der Waals surface area contributed by atoms with Gasteiger partial charge in [-0.25, -0.2) is 4.79 Å². The second kappa shape index (κ2) is 10.5. The molecule has 5 nitrogen and oxygen atoms in total. The van der Waals surface area contributed by atoms with Gasteiger partial charge in [0.15, 0.2) is 0 Å². The first kappa shape index (κ1) is 24.5. The highest BCUT2D eigenvalue weighted by Gasteiger charge is 2.46.